The Morgan fingerprint density at radius 3 is 2.44 bits per heavy atom. The van der Waals surface area contributed by atoms with Crippen LogP contribution in [0, 0.1) is 0 Å². The van der Waals surface area contributed by atoms with Crippen LogP contribution >= 0.6 is 0 Å². The summed E-state index contributed by atoms with van der Waals surface area (Å²) in [4.78, 5) is 23.2. The Morgan fingerprint density at radius 2 is 1.84 bits per heavy atom. The summed E-state index contributed by atoms with van der Waals surface area (Å²) < 4.78 is 35.7. The number of ether oxygens (including phenoxy) is 2. The summed E-state index contributed by atoms with van der Waals surface area (Å²) in [6, 6.07) is 5.69. The monoisotopic (exact) mass is 370 g/mol. The number of esters is 1. The SMILES string of the molecule is C=CCNS(=O)(=O)c1ccc(NC(=O)CCC(=O)OCCOC)cc1. The second-order valence-corrected chi connectivity index (χ2v) is 6.69. The van der Waals surface area contributed by atoms with Gasteiger partial charge in [-0.1, -0.05) is 6.08 Å². The number of amides is 1. The molecule has 0 bridgehead atoms. The van der Waals surface area contributed by atoms with E-state index in [1.165, 1.54) is 37.5 Å². The Labute approximate surface area is 147 Å². The van der Waals surface area contributed by atoms with E-state index in [1.54, 1.807) is 0 Å². The minimum Gasteiger partial charge on any atom is -0.463 e. The molecule has 0 spiro atoms. The van der Waals surface area contributed by atoms with Gasteiger partial charge < -0.3 is 14.8 Å². The number of hydrogen-bond donors (Lipinski definition) is 2. The van der Waals surface area contributed by atoms with Crippen LogP contribution in [-0.4, -0.2) is 47.2 Å². The maximum absolute atomic E-state index is 11.9. The minimum absolute atomic E-state index is 0.0350. The highest BCUT2D eigenvalue weighted by molar-refractivity contribution is 7.89. The fraction of sp³-hybridized carbons (Fsp3) is 0.375. The van der Waals surface area contributed by atoms with E-state index in [1.807, 2.05) is 0 Å². The highest BCUT2D eigenvalue weighted by Gasteiger charge is 2.13. The van der Waals surface area contributed by atoms with Crippen LogP contribution in [0.1, 0.15) is 12.8 Å². The summed E-state index contributed by atoms with van der Waals surface area (Å²) >= 11 is 0. The molecule has 1 aromatic rings. The predicted molar refractivity (Wildman–Crippen MR) is 92.5 cm³/mol. The predicted octanol–water partition coefficient (Wildman–Crippen LogP) is 1.06. The van der Waals surface area contributed by atoms with Gasteiger partial charge in [0.05, 0.1) is 17.9 Å². The van der Waals surface area contributed by atoms with Gasteiger partial charge in [-0.25, -0.2) is 13.1 Å². The van der Waals surface area contributed by atoms with Crippen molar-refractivity contribution in [1.82, 2.24) is 4.72 Å². The third-order valence-corrected chi connectivity index (χ3v) is 4.41. The Hall–Kier alpha value is -2.23. The van der Waals surface area contributed by atoms with Gasteiger partial charge in [0, 0.05) is 25.8 Å². The van der Waals surface area contributed by atoms with E-state index in [9.17, 15) is 18.0 Å². The zero-order valence-corrected chi connectivity index (χ0v) is 14.8. The first-order valence-electron chi connectivity index (χ1n) is 7.54. The Balaban J connectivity index is 2.48. The van der Waals surface area contributed by atoms with Crippen LogP contribution in [0.25, 0.3) is 0 Å². The zero-order valence-electron chi connectivity index (χ0n) is 14.0. The van der Waals surface area contributed by atoms with Crippen molar-refractivity contribution in [3.05, 3.63) is 36.9 Å². The fourth-order valence-electron chi connectivity index (χ4n) is 1.72. The molecule has 0 aliphatic rings. The van der Waals surface area contributed by atoms with E-state index in [0.717, 1.165) is 0 Å². The van der Waals surface area contributed by atoms with Gasteiger partial charge in [0.2, 0.25) is 15.9 Å². The van der Waals surface area contributed by atoms with Crippen LogP contribution in [0.5, 0.6) is 0 Å². The van der Waals surface area contributed by atoms with E-state index >= 15 is 0 Å². The third kappa shape index (κ3) is 7.92. The summed E-state index contributed by atoms with van der Waals surface area (Å²) in [7, 11) is -2.11. The molecule has 0 saturated heterocycles. The molecule has 25 heavy (non-hydrogen) atoms. The smallest absolute Gasteiger partial charge is 0.306 e. The van der Waals surface area contributed by atoms with Gasteiger partial charge in [-0.3, -0.25) is 9.59 Å². The molecule has 0 fully saturated rings. The van der Waals surface area contributed by atoms with Crippen molar-refractivity contribution in [2.75, 3.05) is 32.2 Å². The lowest BCUT2D eigenvalue weighted by Crippen LogP contribution is -2.23. The topological polar surface area (TPSA) is 111 Å². The van der Waals surface area contributed by atoms with Gasteiger partial charge in [0.1, 0.15) is 6.61 Å². The van der Waals surface area contributed by atoms with Crippen LogP contribution in [0.2, 0.25) is 0 Å². The number of carbonyl (C=O) groups excluding carboxylic acids is 2. The lowest BCUT2D eigenvalue weighted by Gasteiger charge is -2.08. The number of rotatable bonds is 11. The molecule has 0 aromatic heterocycles. The average molecular weight is 370 g/mol. The first kappa shape index (κ1) is 20.8. The molecule has 0 radical (unpaired) electrons. The first-order valence-corrected chi connectivity index (χ1v) is 9.02. The number of methoxy groups -OCH3 is 1. The van der Waals surface area contributed by atoms with Crippen LogP contribution in [0.3, 0.4) is 0 Å². The van der Waals surface area contributed by atoms with E-state index in [4.69, 9.17) is 9.47 Å². The summed E-state index contributed by atoms with van der Waals surface area (Å²) in [6.07, 6.45) is 1.35. The molecule has 1 rings (SSSR count). The van der Waals surface area contributed by atoms with Gasteiger partial charge in [-0.2, -0.15) is 0 Å². The van der Waals surface area contributed by atoms with Gasteiger partial charge in [0.25, 0.3) is 0 Å². The molecule has 1 aromatic carbocycles. The van der Waals surface area contributed by atoms with Crippen LogP contribution in [-0.2, 0) is 29.1 Å². The summed E-state index contributed by atoms with van der Waals surface area (Å²) in [5.74, 6) is -0.856. The van der Waals surface area contributed by atoms with Gasteiger partial charge >= 0.3 is 5.97 Å². The highest BCUT2D eigenvalue weighted by atomic mass is 32.2. The number of hydrogen-bond acceptors (Lipinski definition) is 6. The molecule has 0 atom stereocenters. The lowest BCUT2D eigenvalue weighted by molar-refractivity contribution is -0.145. The van der Waals surface area contributed by atoms with Crippen molar-refractivity contribution in [3.8, 4) is 0 Å². The van der Waals surface area contributed by atoms with E-state index in [-0.39, 0.29) is 36.8 Å². The average Bonchev–Trinajstić information content (AvgIpc) is 2.59. The normalized spacial score (nSPS) is 10.9. The van der Waals surface area contributed by atoms with Crippen molar-refractivity contribution in [2.45, 2.75) is 17.7 Å². The van der Waals surface area contributed by atoms with Crippen molar-refractivity contribution in [2.24, 2.45) is 0 Å². The van der Waals surface area contributed by atoms with Crippen molar-refractivity contribution < 1.29 is 27.5 Å². The zero-order chi connectivity index (χ0) is 18.7. The summed E-state index contributed by atoms with van der Waals surface area (Å²) in [5, 5.41) is 2.58. The first-order chi connectivity index (χ1) is 11.9. The van der Waals surface area contributed by atoms with Gasteiger partial charge in [0.15, 0.2) is 0 Å². The quantitative estimate of drug-likeness (QED) is 0.342. The molecule has 0 aliphatic carbocycles. The molecule has 8 nitrogen and oxygen atoms in total. The number of sulfonamides is 1. The van der Waals surface area contributed by atoms with Crippen molar-refractivity contribution in [1.29, 1.82) is 0 Å². The maximum Gasteiger partial charge on any atom is 0.306 e. The second kappa shape index (κ2) is 10.6. The molecule has 0 heterocycles. The number of benzene rings is 1. The lowest BCUT2D eigenvalue weighted by atomic mass is 10.2. The Morgan fingerprint density at radius 1 is 1.16 bits per heavy atom. The van der Waals surface area contributed by atoms with Crippen molar-refractivity contribution in [3.63, 3.8) is 0 Å². The molecule has 0 aliphatic heterocycles. The Bertz CT molecular complexity index is 685. The molecule has 2 N–H and O–H groups in total. The summed E-state index contributed by atoms with van der Waals surface area (Å²) in [5.41, 5.74) is 0.431. The summed E-state index contributed by atoms with van der Waals surface area (Å²) in [6.45, 7) is 4.01. The second-order valence-electron chi connectivity index (χ2n) is 4.93. The van der Waals surface area contributed by atoms with E-state index < -0.39 is 16.0 Å². The minimum atomic E-state index is -3.61. The molecular weight excluding hydrogens is 348 g/mol. The molecule has 9 heteroatoms. The maximum atomic E-state index is 11.9. The number of anilines is 1. The Kier molecular flexibility index (Phi) is 8.82. The molecular formula is C16H22N2O6S. The third-order valence-electron chi connectivity index (χ3n) is 2.97. The van der Waals surface area contributed by atoms with Crippen LogP contribution in [0.15, 0.2) is 41.8 Å². The van der Waals surface area contributed by atoms with Gasteiger partial charge in [-0.15, -0.1) is 6.58 Å². The standard InChI is InChI=1S/C16H22N2O6S/c1-3-10-17-25(21,22)14-6-4-13(5-7-14)18-15(19)8-9-16(20)24-12-11-23-2/h3-7,17H,1,8-12H2,2H3,(H,18,19). The van der Waals surface area contributed by atoms with E-state index in [0.29, 0.717) is 12.3 Å². The van der Waals surface area contributed by atoms with Crippen molar-refractivity contribution >= 4 is 27.6 Å². The molecule has 0 saturated carbocycles. The van der Waals surface area contributed by atoms with Crippen LogP contribution in [0.4, 0.5) is 5.69 Å². The highest BCUT2D eigenvalue weighted by Crippen LogP contribution is 2.14. The number of nitrogens with one attached hydrogen (secondary N) is 2. The van der Waals surface area contributed by atoms with E-state index in [2.05, 4.69) is 16.6 Å². The number of carbonyl (C=O) groups is 2. The molecule has 0 unspecified atom stereocenters. The molecule has 138 valence electrons. The largest absolute Gasteiger partial charge is 0.463 e. The molecule has 1 amide bonds. The fourth-order valence-corrected chi connectivity index (χ4v) is 2.72. The van der Waals surface area contributed by atoms with Crippen LogP contribution < -0.4 is 10.0 Å². The van der Waals surface area contributed by atoms with Gasteiger partial charge in [-0.05, 0) is 24.3 Å².